The summed E-state index contributed by atoms with van der Waals surface area (Å²) in [4.78, 5) is 9.08. The van der Waals surface area contributed by atoms with Crippen molar-refractivity contribution in [1.29, 1.82) is 0 Å². The molecule has 1 rings (SSSR count). The van der Waals surface area contributed by atoms with Gasteiger partial charge in [-0.3, -0.25) is 5.43 Å². The molecule has 6 nitrogen and oxygen atoms in total. The normalized spacial score (nSPS) is 12.7. The van der Waals surface area contributed by atoms with Gasteiger partial charge in [0.25, 0.3) is 0 Å². The molecular weight excluding hydrogens is 273 g/mol. The zero-order valence-electron chi connectivity index (χ0n) is 11.8. The lowest BCUT2D eigenvalue weighted by Crippen LogP contribution is -2.44. The fourth-order valence-corrected chi connectivity index (χ4v) is 1.21. The molecule has 0 aliphatic heterocycles. The van der Waals surface area contributed by atoms with E-state index in [1.807, 2.05) is 38.3 Å². The van der Waals surface area contributed by atoms with Crippen molar-refractivity contribution in [3.8, 4) is 0 Å². The van der Waals surface area contributed by atoms with Gasteiger partial charge < -0.3 is 10.2 Å². The summed E-state index contributed by atoms with van der Waals surface area (Å²) in [5.74, 6) is 4.86. The van der Waals surface area contributed by atoms with E-state index in [0.29, 0.717) is 6.54 Å². The van der Waals surface area contributed by atoms with Crippen LogP contribution in [0.3, 0.4) is 0 Å². The molecule has 20 heavy (non-hydrogen) atoms. The zero-order chi connectivity index (χ0) is 15.6. The first kappa shape index (κ1) is 16.4. The number of nitrogens with one attached hydrogen (secondary N) is 2. The Hall–Kier alpha value is -1.61. The molecule has 0 saturated carbocycles. The average Bonchev–Trinajstić information content (AvgIpc) is 2.34. The fraction of sp³-hybridized carbons (Fsp3) is 0.636. The van der Waals surface area contributed by atoms with Gasteiger partial charge in [-0.2, -0.15) is 18.2 Å². The minimum absolute atomic E-state index is 0.0650. The van der Waals surface area contributed by atoms with E-state index in [1.165, 1.54) is 0 Å². The van der Waals surface area contributed by atoms with Gasteiger partial charge in [-0.25, -0.2) is 10.8 Å². The lowest BCUT2D eigenvalue weighted by atomic mass is 10.0. The smallest absolute Gasteiger partial charge is 0.368 e. The van der Waals surface area contributed by atoms with E-state index >= 15 is 0 Å². The van der Waals surface area contributed by atoms with Crippen molar-refractivity contribution >= 4 is 11.8 Å². The molecule has 1 aromatic rings. The number of nitrogen functional groups attached to an aromatic ring is 1. The van der Waals surface area contributed by atoms with Crippen molar-refractivity contribution in [3.63, 3.8) is 0 Å². The van der Waals surface area contributed by atoms with E-state index in [-0.39, 0.29) is 17.3 Å². The van der Waals surface area contributed by atoms with Crippen LogP contribution in [-0.2, 0) is 6.18 Å². The molecule has 1 aromatic heterocycles. The molecule has 0 amide bonds. The van der Waals surface area contributed by atoms with E-state index in [0.717, 1.165) is 6.07 Å². The van der Waals surface area contributed by atoms with E-state index in [1.54, 1.807) is 0 Å². The maximum atomic E-state index is 12.7. The van der Waals surface area contributed by atoms with Crippen molar-refractivity contribution in [1.82, 2.24) is 14.9 Å². The number of halogens is 3. The molecule has 0 radical (unpaired) electrons. The summed E-state index contributed by atoms with van der Waals surface area (Å²) < 4.78 is 38.1. The highest BCUT2D eigenvalue weighted by Crippen LogP contribution is 2.29. The number of nitrogens with zero attached hydrogens (tertiary/aromatic N) is 3. The third kappa shape index (κ3) is 4.20. The van der Waals surface area contributed by atoms with Crippen LogP contribution in [0.15, 0.2) is 6.07 Å². The topological polar surface area (TPSA) is 79.1 Å². The summed E-state index contributed by atoms with van der Waals surface area (Å²) in [6, 6.07) is 0.854. The van der Waals surface area contributed by atoms with Crippen LogP contribution in [0.4, 0.5) is 24.9 Å². The molecular formula is C11H19F3N6. The van der Waals surface area contributed by atoms with Gasteiger partial charge in [0.2, 0.25) is 5.95 Å². The molecule has 0 aliphatic carbocycles. The van der Waals surface area contributed by atoms with Crippen molar-refractivity contribution in [2.75, 3.05) is 31.4 Å². The van der Waals surface area contributed by atoms with Crippen LogP contribution in [0.5, 0.6) is 0 Å². The summed E-state index contributed by atoms with van der Waals surface area (Å²) in [6.45, 7) is 4.32. The number of hydrazine groups is 1. The average molecular weight is 292 g/mol. The summed E-state index contributed by atoms with van der Waals surface area (Å²) in [6.07, 6.45) is -4.55. The standard InChI is InChI=1S/C11H19F3N6/c1-10(2,20(3)4)6-16-8-5-7(11(12,13)14)17-9(18-8)19-15/h5H,6,15H2,1-4H3,(H2,16,17,18,19). The SMILES string of the molecule is CN(C)C(C)(C)CNc1cc(C(F)(F)F)nc(NN)n1. The molecule has 0 atom stereocenters. The quantitative estimate of drug-likeness (QED) is 0.564. The zero-order valence-corrected chi connectivity index (χ0v) is 11.8. The Kier molecular flexibility index (Phi) is 4.77. The third-order valence-corrected chi connectivity index (χ3v) is 3.06. The molecule has 4 N–H and O–H groups in total. The number of nitrogens with two attached hydrogens (primary N) is 1. The van der Waals surface area contributed by atoms with E-state index in [2.05, 4.69) is 15.3 Å². The molecule has 9 heteroatoms. The van der Waals surface area contributed by atoms with Gasteiger partial charge in [-0.1, -0.05) is 0 Å². The van der Waals surface area contributed by atoms with Crippen molar-refractivity contribution in [3.05, 3.63) is 11.8 Å². The Balaban J connectivity index is 2.96. The largest absolute Gasteiger partial charge is 0.433 e. The highest BCUT2D eigenvalue weighted by Gasteiger charge is 2.34. The minimum Gasteiger partial charge on any atom is -0.368 e. The highest BCUT2D eigenvalue weighted by molar-refractivity contribution is 5.43. The Morgan fingerprint density at radius 1 is 1.25 bits per heavy atom. The first-order chi connectivity index (χ1) is 9.06. The predicted octanol–water partition coefficient (Wildman–Crippen LogP) is 1.53. The summed E-state index contributed by atoms with van der Waals surface area (Å²) in [5, 5.41) is 2.87. The third-order valence-electron chi connectivity index (χ3n) is 3.06. The first-order valence-electron chi connectivity index (χ1n) is 5.90. The molecule has 0 aromatic carbocycles. The molecule has 0 unspecified atom stereocenters. The van der Waals surface area contributed by atoms with Gasteiger partial charge in [0.15, 0.2) is 5.69 Å². The number of aromatic nitrogens is 2. The van der Waals surface area contributed by atoms with Gasteiger partial charge in [0, 0.05) is 18.2 Å². The lowest BCUT2D eigenvalue weighted by molar-refractivity contribution is -0.141. The van der Waals surface area contributed by atoms with Crippen molar-refractivity contribution in [2.24, 2.45) is 5.84 Å². The van der Waals surface area contributed by atoms with Gasteiger partial charge in [-0.05, 0) is 27.9 Å². The molecule has 114 valence electrons. The van der Waals surface area contributed by atoms with E-state index < -0.39 is 11.9 Å². The van der Waals surface area contributed by atoms with Gasteiger partial charge in [0.05, 0.1) is 0 Å². The predicted molar refractivity (Wildman–Crippen MR) is 71.1 cm³/mol. The Morgan fingerprint density at radius 3 is 2.30 bits per heavy atom. The van der Waals surface area contributed by atoms with Crippen molar-refractivity contribution < 1.29 is 13.2 Å². The van der Waals surface area contributed by atoms with Crippen LogP contribution < -0.4 is 16.6 Å². The number of hydrogen-bond acceptors (Lipinski definition) is 6. The minimum atomic E-state index is -4.55. The van der Waals surface area contributed by atoms with Gasteiger partial charge in [-0.15, -0.1) is 0 Å². The maximum Gasteiger partial charge on any atom is 0.433 e. The second kappa shape index (κ2) is 5.80. The number of alkyl halides is 3. The summed E-state index contributed by atoms with van der Waals surface area (Å²) >= 11 is 0. The second-order valence-electron chi connectivity index (χ2n) is 5.16. The lowest BCUT2D eigenvalue weighted by Gasteiger charge is -2.32. The van der Waals surface area contributed by atoms with Crippen LogP contribution in [0.2, 0.25) is 0 Å². The van der Waals surface area contributed by atoms with Crippen LogP contribution in [-0.4, -0.2) is 41.0 Å². The summed E-state index contributed by atoms with van der Waals surface area (Å²) in [5.41, 5.74) is 0.726. The maximum absolute atomic E-state index is 12.7. The van der Waals surface area contributed by atoms with E-state index in [4.69, 9.17) is 5.84 Å². The molecule has 0 aliphatic rings. The number of anilines is 2. The monoisotopic (exact) mass is 292 g/mol. The Bertz CT molecular complexity index is 458. The molecule has 0 fully saturated rings. The van der Waals surface area contributed by atoms with Crippen LogP contribution in [0.1, 0.15) is 19.5 Å². The summed E-state index contributed by atoms with van der Waals surface area (Å²) in [7, 11) is 3.77. The number of likely N-dealkylation sites (N-methyl/N-ethyl adjacent to an activating group) is 1. The van der Waals surface area contributed by atoms with Crippen LogP contribution in [0, 0.1) is 0 Å². The first-order valence-corrected chi connectivity index (χ1v) is 5.90. The van der Waals surface area contributed by atoms with Crippen LogP contribution >= 0.6 is 0 Å². The molecule has 0 saturated heterocycles. The molecule has 0 spiro atoms. The van der Waals surface area contributed by atoms with Gasteiger partial charge in [0.1, 0.15) is 5.82 Å². The molecule has 0 bridgehead atoms. The Morgan fingerprint density at radius 2 is 1.85 bits per heavy atom. The van der Waals surface area contributed by atoms with Crippen LogP contribution in [0.25, 0.3) is 0 Å². The number of rotatable bonds is 5. The fourth-order valence-electron chi connectivity index (χ4n) is 1.21. The van der Waals surface area contributed by atoms with Crippen molar-refractivity contribution in [2.45, 2.75) is 25.6 Å². The Labute approximate surface area is 115 Å². The number of hydrogen-bond donors (Lipinski definition) is 3. The van der Waals surface area contributed by atoms with Gasteiger partial charge >= 0.3 is 6.18 Å². The second-order valence-corrected chi connectivity index (χ2v) is 5.16. The highest BCUT2D eigenvalue weighted by atomic mass is 19.4. The van der Waals surface area contributed by atoms with E-state index in [9.17, 15) is 13.2 Å². The molecule has 1 heterocycles.